The first-order chi connectivity index (χ1) is 15.5. The lowest BCUT2D eigenvalue weighted by molar-refractivity contribution is -0.0182. The summed E-state index contributed by atoms with van der Waals surface area (Å²) in [6.07, 6.45) is 7.52. The second-order valence-electron chi connectivity index (χ2n) is 8.79. The maximum atomic E-state index is 13.6. The molecule has 0 bridgehead atoms. The molecule has 1 aromatic carbocycles. The van der Waals surface area contributed by atoms with Crippen molar-refractivity contribution in [1.29, 1.82) is 0 Å². The molecule has 1 saturated heterocycles. The van der Waals surface area contributed by atoms with Gasteiger partial charge in [0.1, 0.15) is 5.82 Å². The highest BCUT2D eigenvalue weighted by molar-refractivity contribution is 5.86. The molecular weight excluding hydrogens is 407 g/mol. The van der Waals surface area contributed by atoms with E-state index < -0.39 is 0 Å². The third-order valence-electron chi connectivity index (χ3n) is 6.73. The molecule has 7 heteroatoms. The molecule has 1 saturated carbocycles. The molecule has 2 amide bonds. The highest BCUT2D eigenvalue weighted by atomic mass is 19.1. The van der Waals surface area contributed by atoms with Crippen LogP contribution in [0.2, 0.25) is 0 Å². The van der Waals surface area contributed by atoms with Gasteiger partial charge in [-0.25, -0.2) is 9.18 Å². The quantitative estimate of drug-likeness (QED) is 0.448. The predicted molar refractivity (Wildman–Crippen MR) is 126 cm³/mol. The molecule has 2 aliphatic rings. The standard InChI is InChI=1S/C25H37FN4O2/c1-4-27-25(31)30-15-7-10-23(18(3)29-28-5-2)24(30)17-32-22-13-11-19(12-14-22)20-8-6-9-21(26)16-20/h5-6,8-9,16,19,22-24,28H,2,4,7,10-15,17H2,1,3H3,(H,27,31)/b29-18+. The number of ether oxygens (including phenoxy) is 1. The maximum absolute atomic E-state index is 13.6. The van der Waals surface area contributed by atoms with E-state index in [4.69, 9.17) is 4.74 Å². The minimum absolute atomic E-state index is 0.0370. The summed E-state index contributed by atoms with van der Waals surface area (Å²) in [6.45, 7) is 9.41. The molecule has 32 heavy (non-hydrogen) atoms. The zero-order valence-corrected chi connectivity index (χ0v) is 19.4. The zero-order valence-electron chi connectivity index (χ0n) is 19.4. The molecule has 2 atom stereocenters. The van der Waals surface area contributed by atoms with E-state index in [1.54, 1.807) is 18.3 Å². The first-order valence-electron chi connectivity index (χ1n) is 11.9. The number of urea groups is 1. The van der Waals surface area contributed by atoms with Gasteiger partial charge in [-0.3, -0.25) is 5.43 Å². The molecule has 2 N–H and O–H groups in total. The summed E-state index contributed by atoms with van der Waals surface area (Å²) in [5.74, 6) is 0.360. The highest BCUT2D eigenvalue weighted by Gasteiger charge is 2.37. The van der Waals surface area contributed by atoms with Gasteiger partial charge in [-0.05, 0) is 76.0 Å². The number of halogens is 1. The van der Waals surface area contributed by atoms with Crippen molar-refractivity contribution in [3.05, 3.63) is 48.4 Å². The highest BCUT2D eigenvalue weighted by Crippen LogP contribution is 2.35. The summed E-state index contributed by atoms with van der Waals surface area (Å²) in [6, 6.07) is 6.87. The SMILES string of the molecule is C=CN/N=C(\C)C1CCCN(C(=O)NCC)C1COC1CCC(c2cccc(F)c2)CC1. The second-order valence-corrected chi connectivity index (χ2v) is 8.79. The number of hydrogen-bond acceptors (Lipinski definition) is 4. The molecule has 1 aliphatic carbocycles. The molecule has 1 aliphatic heterocycles. The topological polar surface area (TPSA) is 66.0 Å². The fourth-order valence-electron chi connectivity index (χ4n) is 5.04. The van der Waals surface area contributed by atoms with E-state index in [0.717, 1.165) is 56.3 Å². The number of piperidine rings is 1. The molecule has 2 fully saturated rings. The average Bonchev–Trinajstić information content (AvgIpc) is 2.81. The van der Waals surface area contributed by atoms with Crippen molar-refractivity contribution in [1.82, 2.24) is 15.6 Å². The number of nitrogens with one attached hydrogen (secondary N) is 2. The molecule has 3 rings (SSSR count). The Balaban J connectivity index is 1.62. The number of nitrogens with zero attached hydrogens (tertiary/aromatic N) is 2. The van der Waals surface area contributed by atoms with Crippen molar-refractivity contribution in [2.75, 3.05) is 19.7 Å². The smallest absolute Gasteiger partial charge is 0.317 e. The van der Waals surface area contributed by atoms with Gasteiger partial charge in [0.2, 0.25) is 0 Å². The lowest BCUT2D eigenvalue weighted by atomic mass is 9.82. The monoisotopic (exact) mass is 444 g/mol. The Labute approximate surface area is 191 Å². The number of carbonyl (C=O) groups is 1. The molecule has 1 aromatic rings. The average molecular weight is 445 g/mol. The van der Waals surface area contributed by atoms with Crippen LogP contribution in [0.3, 0.4) is 0 Å². The van der Waals surface area contributed by atoms with Crippen LogP contribution >= 0.6 is 0 Å². The summed E-state index contributed by atoms with van der Waals surface area (Å²) in [5, 5.41) is 7.35. The van der Waals surface area contributed by atoms with Crippen LogP contribution in [-0.4, -0.2) is 48.5 Å². The van der Waals surface area contributed by atoms with E-state index in [-0.39, 0.29) is 29.9 Å². The molecule has 6 nitrogen and oxygen atoms in total. The first kappa shape index (κ1) is 24.2. The van der Waals surface area contributed by atoms with Gasteiger partial charge in [-0.1, -0.05) is 18.7 Å². The number of hydrazone groups is 1. The van der Waals surface area contributed by atoms with E-state index in [2.05, 4.69) is 22.4 Å². The Bertz CT molecular complexity index is 792. The third kappa shape index (κ3) is 6.31. The minimum Gasteiger partial charge on any atom is -0.376 e. The summed E-state index contributed by atoms with van der Waals surface area (Å²) in [4.78, 5) is 14.6. The van der Waals surface area contributed by atoms with Crippen molar-refractivity contribution in [2.24, 2.45) is 11.0 Å². The van der Waals surface area contributed by atoms with E-state index in [1.807, 2.05) is 24.8 Å². The van der Waals surface area contributed by atoms with Gasteiger partial charge in [0.05, 0.1) is 18.8 Å². The normalized spacial score (nSPS) is 26.5. The number of likely N-dealkylation sites (tertiary alicyclic amines) is 1. The summed E-state index contributed by atoms with van der Waals surface area (Å²) < 4.78 is 20.0. The zero-order chi connectivity index (χ0) is 22.9. The van der Waals surface area contributed by atoms with Crippen molar-refractivity contribution in [2.45, 2.75) is 70.4 Å². The summed E-state index contributed by atoms with van der Waals surface area (Å²) in [5.41, 5.74) is 4.87. The Hall–Kier alpha value is -2.41. The van der Waals surface area contributed by atoms with Crippen LogP contribution < -0.4 is 10.7 Å². The Kier molecular flexibility index (Phi) is 9.09. The van der Waals surface area contributed by atoms with Crippen molar-refractivity contribution in [3.63, 3.8) is 0 Å². The van der Waals surface area contributed by atoms with E-state index in [9.17, 15) is 9.18 Å². The number of rotatable bonds is 8. The maximum Gasteiger partial charge on any atom is 0.317 e. The fourth-order valence-corrected chi connectivity index (χ4v) is 5.04. The van der Waals surface area contributed by atoms with E-state index in [1.165, 1.54) is 6.07 Å². The van der Waals surface area contributed by atoms with Gasteiger partial charge in [-0.15, -0.1) is 0 Å². The molecule has 2 unspecified atom stereocenters. The summed E-state index contributed by atoms with van der Waals surface area (Å²) >= 11 is 0. The van der Waals surface area contributed by atoms with Gasteiger partial charge < -0.3 is 15.0 Å². The van der Waals surface area contributed by atoms with Crippen molar-refractivity contribution >= 4 is 11.7 Å². The van der Waals surface area contributed by atoms with E-state index >= 15 is 0 Å². The first-order valence-corrected chi connectivity index (χ1v) is 11.9. The van der Waals surface area contributed by atoms with Crippen LogP contribution in [0.25, 0.3) is 0 Å². The minimum atomic E-state index is -0.169. The Morgan fingerprint density at radius 2 is 2.09 bits per heavy atom. The molecule has 1 heterocycles. The fraction of sp³-hybridized carbons (Fsp3) is 0.600. The van der Waals surface area contributed by atoms with Crippen molar-refractivity contribution in [3.8, 4) is 0 Å². The van der Waals surface area contributed by atoms with Crippen LogP contribution in [-0.2, 0) is 4.74 Å². The van der Waals surface area contributed by atoms with Gasteiger partial charge in [0.25, 0.3) is 0 Å². The molecular formula is C25H37FN4O2. The molecule has 0 aromatic heterocycles. The van der Waals surface area contributed by atoms with Crippen LogP contribution in [0.4, 0.5) is 9.18 Å². The number of benzene rings is 1. The molecule has 176 valence electrons. The number of carbonyl (C=O) groups excluding carboxylic acids is 1. The van der Waals surface area contributed by atoms with E-state index in [0.29, 0.717) is 19.1 Å². The number of hydrogen-bond donors (Lipinski definition) is 2. The molecule has 0 radical (unpaired) electrons. The Morgan fingerprint density at radius 3 is 2.78 bits per heavy atom. The van der Waals surface area contributed by atoms with Crippen LogP contribution in [0.1, 0.15) is 63.9 Å². The van der Waals surface area contributed by atoms with Crippen molar-refractivity contribution < 1.29 is 13.9 Å². The summed E-state index contributed by atoms with van der Waals surface area (Å²) in [7, 11) is 0. The van der Waals surface area contributed by atoms with Crippen LogP contribution in [0, 0.1) is 11.7 Å². The van der Waals surface area contributed by atoms with Crippen LogP contribution in [0.5, 0.6) is 0 Å². The third-order valence-corrected chi connectivity index (χ3v) is 6.73. The van der Waals surface area contributed by atoms with Crippen LogP contribution in [0.15, 0.2) is 42.1 Å². The molecule has 0 spiro atoms. The van der Waals surface area contributed by atoms with Gasteiger partial charge >= 0.3 is 6.03 Å². The lowest BCUT2D eigenvalue weighted by Gasteiger charge is -2.42. The predicted octanol–water partition coefficient (Wildman–Crippen LogP) is 4.79. The second kappa shape index (κ2) is 12.0. The van der Waals surface area contributed by atoms with Gasteiger partial charge in [-0.2, -0.15) is 5.10 Å². The lowest BCUT2D eigenvalue weighted by Crippen LogP contribution is -2.55. The Morgan fingerprint density at radius 1 is 1.31 bits per heavy atom. The largest absolute Gasteiger partial charge is 0.376 e. The number of amides is 2. The van der Waals surface area contributed by atoms with Gasteiger partial charge in [0, 0.05) is 30.9 Å². The van der Waals surface area contributed by atoms with Gasteiger partial charge in [0.15, 0.2) is 0 Å².